The van der Waals surface area contributed by atoms with Gasteiger partial charge in [-0.3, -0.25) is 9.69 Å². The maximum atomic E-state index is 12.1. The maximum absolute atomic E-state index is 12.1. The summed E-state index contributed by atoms with van der Waals surface area (Å²) < 4.78 is 0. The number of hydrogen-bond donors (Lipinski definition) is 2. The van der Waals surface area contributed by atoms with Crippen LogP contribution in [0.4, 0.5) is 0 Å². The van der Waals surface area contributed by atoms with E-state index >= 15 is 0 Å². The molecule has 2 N–H and O–H groups in total. The Hall–Kier alpha value is -0.610. The summed E-state index contributed by atoms with van der Waals surface area (Å²) in [6.07, 6.45) is 7.90. The molecular formula is C14H27N3O. The Bertz CT molecular complexity index is 274. The first-order chi connectivity index (χ1) is 8.72. The highest BCUT2D eigenvalue weighted by atomic mass is 16.2. The fourth-order valence-corrected chi connectivity index (χ4v) is 3.38. The van der Waals surface area contributed by atoms with Crippen molar-refractivity contribution in [3.05, 3.63) is 0 Å². The molecule has 0 aromatic rings. The van der Waals surface area contributed by atoms with Gasteiger partial charge >= 0.3 is 0 Å². The average molecular weight is 253 g/mol. The predicted molar refractivity (Wildman–Crippen MR) is 73.5 cm³/mol. The molecule has 0 spiro atoms. The van der Waals surface area contributed by atoms with Gasteiger partial charge in [-0.1, -0.05) is 25.7 Å². The molecule has 1 aliphatic carbocycles. The number of piperazine rings is 1. The Labute approximate surface area is 110 Å². The van der Waals surface area contributed by atoms with Gasteiger partial charge in [-0.25, -0.2) is 0 Å². The number of carbonyl (C=O) groups is 1. The second kappa shape index (κ2) is 6.53. The van der Waals surface area contributed by atoms with Crippen LogP contribution in [0.15, 0.2) is 0 Å². The van der Waals surface area contributed by atoms with E-state index in [4.69, 9.17) is 0 Å². The number of likely N-dealkylation sites (N-methyl/N-ethyl adjacent to an activating group) is 1. The van der Waals surface area contributed by atoms with E-state index < -0.39 is 0 Å². The van der Waals surface area contributed by atoms with Crippen molar-refractivity contribution in [3.63, 3.8) is 0 Å². The van der Waals surface area contributed by atoms with Crippen molar-refractivity contribution < 1.29 is 4.79 Å². The number of amides is 1. The van der Waals surface area contributed by atoms with Gasteiger partial charge in [0.05, 0.1) is 0 Å². The third-order valence-electron chi connectivity index (χ3n) is 4.27. The lowest BCUT2D eigenvalue weighted by molar-refractivity contribution is -0.131. The first-order valence-corrected chi connectivity index (χ1v) is 7.43. The highest BCUT2D eigenvalue weighted by Crippen LogP contribution is 2.25. The quantitative estimate of drug-likeness (QED) is 0.741. The van der Waals surface area contributed by atoms with E-state index in [1.54, 1.807) is 0 Å². The molecule has 0 aromatic heterocycles. The average Bonchev–Trinajstić information content (AvgIpc) is 2.61. The van der Waals surface area contributed by atoms with Crippen LogP contribution in [0, 0.1) is 0 Å². The maximum Gasteiger partial charge on any atom is 0.238 e. The summed E-state index contributed by atoms with van der Waals surface area (Å²) in [5.41, 5.74) is 0. The SMILES string of the molecule is CNCC1C(=O)NC(C)CN1C1CCCCCC1. The largest absolute Gasteiger partial charge is 0.351 e. The summed E-state index contributed by atoms with van der Waals surface area (Å²) in [5, 5.41) is 6.24. The molecule has 2 atom stereocenters. The lowest BCUT2D eigenvalue weighted by Gasteiger charge is -2.42. The monoisotopic (exact) mass is 253 g/mol. The van der Waals surface area contributed by atoms with Crippen LogP contribution in [0.1, 0.15) is 45.4 Å². The first-order valence-electron chi connectivity index (χ1n) is 7.43. The predicted octanol–water partition coefficient (Wildman–Crippen LogP) is 1.12. The zero-order chi connectivity index (χ0) is 13.0. The van der Waals surface area contributed by atoms with Crippen molar-refractivity contribution in [2.75, 3.05) is 20.1 Å². The van der Waals surface area contributed by atoms with Gasteiger partial charge in [-0.05, 0) is 26.8 Å². The van der Waals surface area contributed by atoms with E-state index in [1.165, 1.54) is 38.5 Å². The van der Waals surface area contributed by atoms with E-state index in [0.29, 0.717) is 6.04 Å². The minimum absolute atomic E-state index is 0.0225. The summed E-state index contributed by atoms with van der Waals surface area (Å²) >= 11 is 0. The second-order valence-electron chi connectivity index (χ2n) is 5.83. The molecule has 1 aliphatic heterocycles. The van der Waals surface area contributed by atoms with Gasteiger partial charge in [0.15, 0.2) is 0 Å². The van der Waals surface area contributed by atoms with Crippen molar-refractivity contribution in [2.45, 2.75) is 63.6 Å². The first kappa shape index (κ1) is 13.8. The Kier molecular flexibility index (Phi) is 5.01. The molecule has 2 rings (SSSR count). The van der Waals surface area contributed by atoms with Gasteiger partial charge in [-0.15, -0.1) is 0 Å². The van der Waals surface area contributed by atoms with Gasteiger partial charge in [-0.2, -0.15) is 0 Å². The molecule has 0 radical (unpaired) electrons. The number of nitrogens with one attached hydrogen (secondary N) is 2. The second-order valence-corrected chi connectivity index (χ2v) is 5.83. The fourth-order valence-electron chi connectivity index (χ4n) is 3.38. The van der Waals surface area contributed by atoms with E-state index in [1.807, 2.05) is 7.05 Å². The van der Waals surface area contributed by atoms with Gasteiger partial charge in [0.2, 0.25) is 5.91 Å². The molecule has 104 valence electrons. The van der Waals surface area contributed by atoms with Crippen LogP contribution in [-0.4, -0.2) is 49.1 Å². The Morgan fingerprint density at radius 2 is 1.94 bits per heavy atom. The summed E-state index contributed by atoms with van der Waals surface area (Å²) in [5.74, 6) is 0.201. The van der Waals surface area contributed by atoms with E-state index in [2.05, 4.69) is 22.5 Å². The summed E-state index contributed by atoms with van der Waals surface area (Å²) in [6, 6.07) is 0.919. The highest BCUT2D eigenvalue weighted by molar-refractivity contribution is 5.83. The van der Waals surface area contributed by atoms with Crippen molar-refractivity contribution in [1.82, 2.24) is 15.5 Å². The van der Waals surface area contributed by atoms with Gasteiger partial charge in [0.25, 0.3) is 0 Å². The molecule has 4 nitrogen and oxygen atoms in total. The van der Waals surface area contributed by atoms with Crippen LogP contribution < -0.4 is 10.6 Å². The fraction of sp³-hybridized carbons (Fsp3) is 0.929. The smallest absolute Gasteiger partial charge is 0.238 e. The molecule has 0 aromatic carbocycles. The summed E-state index contributed by atoms with van der Waals surface area (Å²) in [4.78, 5) is 14.6. The van der Waals surface area contributed by atoms with E-state index in [0.717, 1.165) is 13.1 Å². The molecule has 0 bridgehead atoms. The van der Waals surface area contributed by atoms with Crippen molar-refractivity contribution in [3.8, 4) is 0 Å². The lowest BCUT2D eigenvalue weighted by Crippen LogP contribution is -2.64. The van der Waals surface area contributed by atoms with Crippen LogP contribution in [0.25, 0.3) is 0 Å². The lowest BCUT2D eigenvalue weighted by atomic mass is 10.0. The molecule has 4 heteroatoms. The van der Waals surface area contributed by atoms with Crippen molar-refractivity contribution >= 4 is 5.91 Å². The zero-order valence-corrected chi connectivity index (χ0v) is 11.7. The standard InChI is InChI=1S/C14H27N3O/c1-11-10-17(12-7-5-3-4-6-8-12)13(9-15-2)14(18)16-11/h11-13,15H,3-10H2,1-2H3,(H,16,18). The van der Waals surface area contributed by atoms with Gasteiger partial charge in [0, 0.05) is 25.2 Å². The van der Waals surface area contributed by atoms with Gasteiger partial charge in [0.1, 0.15) is 6.04 Å². The minimum Gasteiger partial charge on any atom is -0.351 e. The number of rotatable bonds is 3. The molecule has 2 aliphatic rings. The van der Waals surface area contributed by atoms with Crippen LogP contribution in [0.5, 0.6) is 0 Å². The van der Waals surface area contributed by atoms with Crippen molar-refractivity contribution in [2.24, 2.45) is 0 Å². The van der Waals surface area contributed by atoms with Gasteiger partial charge < -0.3 is 10.6 Å². The molecule has 1 amide bonds. The molecule has 2 unspecified atom stereocenters. The summed E-state index contributed by atoms with van der Waals surface area (Å²) in [7, 11) is 1.93. The molecule has 1 saturated heterocycles. The number of hydrogen-bond acceptors (Lipinski definition) is 3. The third kappa shape index (κ3) is 3.23. The minimum atomic E-state index is 0.0225. The van der Waals surface area contributed by atoms with Crippen LogP contribution in [0.3, 0.4) is 0 Å². The normalized spacial score (nSPS) is 32.0. The molecular weight excluding hydrogens is 226 g/mol. The Morgan fingerprint density at radius 1 is 1.28 bits per heavy atom. The van der Waals surface area contributed by atoms with Crippen molar-refractivity contribution in [1.29, 1.82) is 0 Å². The van der Waals surface area contributed by atoms with Crippen LogP contribution in [0.2, 0.25) is 0 Å². The Morgan fingerprint density at radius 3 is 2.56 bits per heavy atom. The summed E-state index contributed by atoms with van der Waals surface area (Å²) in [6.45, 7) is 3.87. The molecule has 1 heterocycles. The van der Waals surface area contributed by atoms with E-state index in [-0.39, 0.29) is 18.0 Å². The molecule has 2 fully saturated rings. The number of nitrogens with zero attached hydrogens (tertiary/aromatic N) is 1. The van der Waals surface area contributed by atoms with Crippen LogP contribution in [-0.2, 0) is 4.79 Å². The third-order valence-corrected chi connectivity index (χ3v) is 4.27. The molecule has 18 heavy (non-hydrogen) atoms. The molecule has 1 saturated carbocycles. The van der Waals surface area contributed by atoms with Crippen LogP contribution >= 0.6 is 0 Å². The topological polar surface area (TPSA) is 44.4 Å². The number of carbonyl (C=O) groups excluding carboxylic acids is 1. The Balaban J connectivity index is 2.06. The van der Waals surface area contributed by atoms with E-state index in [9.17, 15) is 4.79 Å². The highest BCUT2D eigenvalue weighted by Gasteiger charge is 2.36. The zero-order valence-electron chi connectivity index (χ0n) is 11.7.